The van der Waals surface area contributed by atoms with E-state index in [0.717, 1.165) is 45.2 Å². The van der Waals surface area contributed by atoms with Crippen molar-refractivity contribution in [1.29, 1.82) is 0 Å². The first kappa shape index (κ1) is 18.9. The van der Waals surface area contributed by atoms with Gasteiger partial charge in [-0.2, -0.15) is 0 Å². The minimum absolute atomic E-state index is 0.145. The summed E-state index contributed by atoms with van der Waals surface area (Å²) in [7, 11) is 0. The molecule has 7 heteroatoms. The lowest BCUT2D eigenvalue weighted by atomic mass is 10.1. The van der Waals surface area contributed by atoms with Crippen LogP contribution in [0.3, 0.4) is 0 Å². The topological polar surface area (TPSA) is 65.8 Å². The predicted octanol–water partition coefficient (Wildman–Crippen LogP) is 1.56. The Bertz CT molecular complexity index is 763. The van der Waals surface area contributed by atoms with Crippen molar-refractivity contribution >= 4 is 11.9 Å². The molecule has 1 N–H and O–H groups in total. The van der Waals surface area contributed by atoms with Gasteiger partial charge >= 0.3 is 0 Å². The van der Waals surface area contributed by atoms with Gasteiger partial charge in [0.1, 0.15) is 0 Å². The Kier molecular flexibility index (Phi) is 6.46. The molecule has 2 heterocycles. The Morgan fingerprint density at radius 3 is 2.59 bits per heavy atom. The normalized spacial score (nSPS) is 15.1. The molecule has 7 nitrogen and oxygen atoms in total. The van der Waals surface area contributed by atoms with Gasteiger partial charge in [-0.3, -0.25) is 4.79 Å². The van der Waals surface area contributed by atoms with E-state index in [9.17, 15) is 4.79 Å². The first-order chi connectivity index (χ1) is 13.2. The number of guanidine groups is 1. The number of imidazole rings is 1. The second-order valence-electron chi connectivity index (χ2n) is 6.72. The van der Waals surface area contributed by atoms with Gasteiger partial charge in [-0.25, -0.2) is 9.98 Å². The molecular weight excluding hydrogens is 340 g/mol. The van der Waals surface area contributed by atoms with Gasteiger partial charge in [0.05, 0.1) is 12.9 Å². The van der Waals surface area contributed by atoms with Gasteiger partial charge in [0.2, 0.25) is 5.91 Å². The van der Waals surface area contributed by atoms with Crippen molar-refractivity contribution in [2.45, 2.75) is 26.9 Å². The molecule has 0 spiro atoms. The second-order valence-corrected chi connectivity index (χ2v) is 6.72. The number of rotatable bonds is 5. The number of nitrogens with zero attached hydrogens (tertiary/aromatic N) is 5. The molecule has 1 amide bonds. The van der Waals surface area contributed by atoms with Crippen molar-refractivity contribution in [3.05, 3.63) is 54.1 Å². The molecule has 0 saturated carbocycles. The molecule has 0 unspecified atom stereocenters. The molecule has 0 bridgehead atoms. The fourth-order valence-corrected chi connectivity index (χ4v) is 3.24. The summed E-state index contributed by atoms with van der Waals surface area (Å²) in [5, 5.41) is 3.38. The van der Waals surface area contributed by atoms with Gasteiger partial charge in [0.25, 0.3) is 0 Å². The third-order valence-corrected chi connectivity index (χ3v) is 4.69. The molecule has 1 aromatic carbocycles. The zero-order valence-corrected chi connectivity index (χ0v) is 16.1. The van der Waals surface area contributed by atoms with Gasteiger partial charge < -0.3 is 19.7 Å². The maximum absolute atomic E-state index is 11.5. The molecule has 2 aromatic rings. The van der Waals surface area contributed by atoms with Crippen LogP contribution in [-0.2, 0) is 17.9 Å². The second kappa shape index (κ2) is 9.21. The van der Waals surface area contributed by atoms with Gasteiger partial charge in [0.15, 0.2) is 5.96 Å². The van der Waals surface area contributed by atoms with E-state index < -0.39 is 0 Å². The molecule has 0 atom stereocenters. The van der Waals surface area contributed by atoms with Gasteiger partial charge in [-0.05, 0) is 18.1 Å². The number of nitrogens with one attached hydrogen (secondary N) is 1. The molecular formula is C20H28N6O. The minimum atomic E-state index is 0.145. The van der Waals surface area contributed by atoms with E-state index in [1.165, 1.54) is 11.1 Å². The molecule has 27 heavy (non-hydrogen) atoms. The molecule has 1 saturated heterocycles. The average molecular weight is 368 g/mol. The highest BCUT2D eigenvalue weighted by Gasteiger charge is 2.20. The number of aliphatic imine (C=N–C) groups is 1. The summed E-state index contributed by atoms with van der Waals surface area (Å²) in [6.07, 6.45) is 5.59. The van der Waals surface area contributed by atoms with Crippen molar-refractivity contribution in [1.82, 2.24) is 24.7 Å². The summed E-state index contributed by atoms with van der Waals surface area (Å²) in [5.41, 5.74) is 2.42. The highest BCUT2D eigenvalue weighted by molar-refractivity contribution is 5.80. The molecule has 1 aromatic heterocycles. The van der Waals surface area contributed by atoms with Crippen LogP contribution in [0.25, 0.3) is 0 Å². The maximum atomic E-state index is 11.5. The van der Waals surface area contributed by atoms with Crippen molar-refractivity contribution in [3.8, 4) is 0 Å². The van der Waals surface area contributed by atoms with Crippen molar-refractivity contribution < 1.29 is 4.79 Å². The summed E-state index contributed by atoms with van der Waals surface area (Å²) >= 11 is 0. The lowest BCUT2D eigenvalue weighted by Gasteiger charge is -2.36. The highest BCUT2D eigenvalue weighted by atomic mass is 16.2. The zero-order valence-electron chi connectivity index (χ0n) is 16.1. The Morgan fingerprint density at radius 2 is 1.93 bits per heavy atom. The number of amides is 1. The molecule has 1 aliphatic heterocycles. The van der Waals surface area contributed by atoms with Crippen LogP contribution in [0, 0.1) is 0 Å². The van der Waals surface area contributed by atoms with E-state index in [1.807, 2.05) is 17.4 Å². The minimum Gasteiger partial charge on any atom is -0.357 e. The summed E-state index contributed by atoms with van der Waals surface area (Å²) in [6.45, 7) is 9.10. The van der Waals surface area contributed by atoms with Crippen molar-refractivity contribution in [3.63, 3.8) is 0 Å². The number of hydrogen-bond donors (Lipinski definition) is 1. The van der Waals surface area contributed by atoms with E-state index in [-0.39, 0.29) is 5.91 Å². The Labute approximate surface area is 160 Å². The van der Waals surface area contributed by atoms with Crippen LogP contribution in [0.1, 0.15) is 25.0 Å². The van der Waals surface area contributed by atoms with Crippen LogP contribution in [0.15, 0.2) is 48.0 Å². The number of aromatic nitrogens is 2. The molecule has 144 valence electrons. The van der Waals surface area contributed by atoms with Gasteiger partial charge in [-0.1, -0.05) is 24.3 Å². The molecule has 1 aliphatic rings. The number of benzene rings is 1. The first-order valence-corrected chi connectivity index (χ1v) is 9.48. The number of hydrogen-bond acceptors (Lipinski definition) is 3. The van der Waals surface area contributed by atoms with Crippen LogP contribution in [0.2, 0.25) is 0 Å². The van der Waals surface area contributed by atoms with Crippen LogP contribution in [0.5, 0.6) is 0 Å². The Hall–Kier alpha value is -2.83. The van der Waals surface area contributed by atoms with E-state index in [1.54, 1.807) is 13.1 Å². The van der Waals surface area contributed by atoms with E-state index in [0.29, 0.717) is 6.54 Å². The summed E-state index contributed by atoms with van der Waals surface area (Å²) in [4.78, 5) is 24.6. The summed E-state index contributed by atoms with van der Waals surface area (Å²) < 4.78 is 2.06. The van der Waals surface area contributed by atoms with Crippen molar-refractivity contribution in [2.75, 3.05) is 32.7 Å². The molecule has 0 aliphatic carbocycles. The SMILES string of the molecule is CCNC(=NCc1cccc(Cn2ccnc2)c1)N1CCN(C(C)=O)CC1. The number of piperazine rings is 1. The maximum Gasteiger partial charge on any atom is 0.219 e. The predicted molar refractivity (Wildman–Crippen MR) is 106 cm³/mol. The number of carbonyl (C=O) groups is 1. The monoisotopic (exact) mass is 368 g/mol. The summed E-state index contributed by atoms with van der Waals surface area (Å²) in [5.74, 6) is 1.06. The third kappa shape index (κ3) is 5.32. The zero-order chi connectivity index (χ0) is 19.1. The lowest BCUT2D eigenvalue weighted by molar-refractivity contribution is -0.130. The first-order valence-electron chi connectivity index (χ1n) is 9.48. The molecule has 0 radical (unpaired) electrons. The van der Waals surface area contributed by atoms with Crippen LogP contribution < -0.4 is 5.32 Å². The molecule has 1 fully saturated rings. The van der Waals surface area contributed by atoms with Gasteiger partial charge in [-0.15, -0.1) is 0 Å². The summed E-state index contributed by atoms with van der Waals surface area (Å²) in [6, 6.07) is 8.51. The van der Waals surface area contributed by atoms with E-state index in [4.69, 9.17) is 4.99 Å². The lowest BCUT2D eigenvalue weighted by Crippen LogP contribution is -2.53. The van der Waals surface area contributed by atoms with Crippen LogP contribution in [-0.4, -0.2) is 63.9 Å². The third-order valence-electron chi connectivity index (χ3n) is 4.69. The number of carbonyl (C=O) groups excluding carboxylic acids is 1. The standard InChI is InChI=1S/C20H28N6O/c1-3-22-20(26-11-9-25(10-12-26)17(2)27)23-14-18-5-4-6-19(13-18)15-24-8-7-21-16-24/h4-8,13,16H,3,9-12,14-15H2,1-2H3,(H,22,23). The van der Waals surface area contributed by atoms with Crippen molar-refractivity contribution in [2.24, 2.45) is 4.99 Å². The molecule has 3 rings (SSSR count). The quantitative estimate of drug-likeness (QED) is 0.643. The Morgan fingerprint density at radius 1 is 1.19 bits per heavy atom. The van der Waals surface area contributed by atoms with E-state index in [2.05, 4.69) is 51.0 Å². The Balaban J connectivity index is 1.64. The largest absolute Gasteiger partial charge is 0.357 e. The fourth-order valence-electron chi connectivity index (χ4n) is 3.24. The smallest absolute Gasteiger partial charge is 0.219 e. The van der Waals surface area contributed by atoms with Gasteiger partial charge in [0, 0.05) is 58.6 Å². The highest BCUT2D eigenvalue weighted by Crippen LogP contribution is 2.10. The van der Waals surface area contributed by atoms with Crippen LogP contribution in [0.4, 0.5) is 0 Å². The van der Waals surface area contributed by atoms with E-state index >= 15 is 0 Å². The fraction of sp³-hybridized carbons (Fsp3) is 0.450. The average Bonchev–Trinajstić information content (AvgIpc) is 3.18. The van der Waals surface area contributed by atoms with Crippen LogP contribution >= 0.6 is 0 Å².